The summed E-state index contributed by atoms with van der Waals surface area (Å²) in [4.78, 5) is 20.5. The highest BCUT2D eigenvalue weighted by molar-refractivity contribution is 5.96. The van der Waals surface area contributed by atoms with Crippen LogP contribution in [0.5, 0.6) is 0 Å². The molecule has 0 bridgehead atoms. The van der Waals surface area contributed by atoms with Gasteiger partial charge in [-0.15, -0.1) is 0 Å². The maximum Gasteiger partial charge on any atom is 0.243 e. The van der Waals surface area contributed by atoms with Crippen LogP contribution in [0.2, 0.25) is 0 Å². The lowest BCUT2D eigenvalue weighted by atomic mass is 10.4. The number of nitrogens with two attached hydrogens (primary N) is 2. The molecule has 2 amide bonds. The Morgan fingerprint density at radius 3 is 1.45 bits per heavy atom. The molecule has 0 radical (unpaired) electrons. The molecule has 6 N–H and O–H groups in total. The van der Waals surface area contributed by atoms with E-state index >= 15 is 0 Å². The Hall–Kier alpha value is -1.14. The van der Waals surface area contributed by atoms with E-state index in [-0.39, 0.29) is 21.3 Å². The number of amides is 2. The SMILES string of the molecule is C.C.NNC(=O)CC(=O)NN. The van der Waals surface area contributed by atoms with E-state index in [9.17, 15) is 9.59 Å². The molecule has 0 aromatic carbocycles. The molecular formula is C5H16N4O2. The van der Waals surface area contributed by atoms with Gasteiger partial charge in [0, 0.05) is 0 Å². The molecule has 0 saturated carbocycles. The van der Waals surface area contributed by atoms with Gasteiger partial charge in [-0.25, -0.2) is 11.7 Å². The molecule has 0 atom stereocenters. The quantitative estimate of drug-likeness (QED) is 0.174. The van der Waals surface area contributed by atoms with Crippen LogP contribution in [-0.2, 0) is 9.59 Å². The molecule has 0 aliphatic heterocycles. The van der Waals surface area contributed by atoms with Crippen molar-refractivity contribution in [3.63, 3.8) is 0 Å². The summed E-state index contributed by atoms with van der Waals surface area (Å²) in [5.74, 6) is 8.17. The topological polar surface area (TPSA) is 110 Å². The van der Waals surface area contributed by atoms with Gasteiger partial charge in [0.15, 0.2) is 0 Å². The Bertz CT molecular complexity index is 112. The summed E-state index contributed by atoms with van der Waals surface area (Å²) < 4.78 is 0. The number of nitrogens with one attached hydrogen (secondary N) is 2. The zero-order chi connectivity index (χ0) is 7.28. The first-order valence-electron chi connectivity index (χ1n) is 2.19. The van der Waals surface area contributed by atoms with E-state index in [4.69, 9.17) is 0 Å². The summed E-state index contributed by atoms with van der Waals surface area (Å²) in [6, 6.07) is 0. The molecule has 0 heterocycles. The van der Waals surface area contributed by atoms with Crippen LogP contribution >= 0.6 is 0 Å². The molecule has 0 aliphatic carbocycles. The smallest absolute Gasteiger partial charge is 0.243 e. The van der Waals surface area contributed by atoms with Gasteiger partial charge < -0.3 is 0 Å². The molecule has 0 rings (SSSR count). The van der Waals surface area contributed by atoms with E-state index in [2.05, 4.69) is 11.7 Å². The fourth-order valence-corrected chi connectivity index (χ4v) is 0.248. The predicted octanol–water partition coefficient (Wildman–Crippen LogP) is -1.37. The van der Waals surface area contributed by atoms with Crippen molar-refractivity contribution in [1.82, 2.24) is 10.9 Å². The number of hydrogen-bond acceptors (Lipinski definition) is 4. The summed E-state index contributed by atoms with van der Waals surface area (Å²) in [6.07, 6.45) is -0.340. The van der Waals surface area contributed by atoms with Gasteiger partial charge in [0.1, 0.15) is 6.42 Å². The maximum absolute atomic E-state index is 10.2. The minimum atomic E-state index is -0.571. The van der Waals surface area contributed by atoms with E-state index in [0.717, 1.165) is 0 Å². The fourth-order valence-electron chi connectivity index (χ4n) is 0.248. The Morgan fingerprint density at radius 2 is 1.27 bits per heavy atom. The van der Waals surface area contributed by atoms with Gasteiger partial charge >= 0.3 is 0 Å². The van der Waals surface area contributed by atoms with Crippen molar-refractivity contribution in [2.75, 3.05) is 0 Å². The molecule has 0 aromatic heterocycles. The largest absolute Gasteiger partial charge is 0.294 e. The molecule has 68 valence electrons. The highest BCUT2D eigenvalue weighted by Crippen LogP contribution is 1.73. The normalized spacial score (nSPS) is 6.73. The zero-order valence-electron chi connectivity index (χ0n) is 4.68. The summed E-state index contributed by atoms with van der Waals surface area (Å²) >= 11 is 0. The first-order valence-corrected chi connectivity index (χ1v) is 2.19. The van der Waals surface area contributed by atoms with Gasteiger partial charge in [0.2, 0.25) is 11.8 Å². The molecule has 0 aliphatic rings. The zero-order valence-corrected chi connectivity index (χ0v) is 4.68. The van der Waals surface area contributed by atoms with E-state index in [1.54, 1.807) is 10.9 Å². The van der Waals surface area contributed by atoms with Gasteiger partial charge in [-0.2, -0.15) is 0 Å². The Morgan fingerprint density at radius 1 is 1.00 bits per heavy atom. The second-order valence-electron chi connectivity index (χ2n) is 1.31. The van der Waals surface area contributed by atoms with Crippen LogP contribution in [0.3, 0.4) is 0 Å². The standard InChI is InChI=1S/C3H8N4O2.2CH4/c4-6-2(8)1-3(9)7-5;;/h1,4-5H2,(H,6,8)(H,7,9);2*1H4. The average molecular weight is 164 g/mol. The van der Waals surface area contributed by atoms with Crippen molar-refractivity contribution in [3.8, 4) is 0 Å². The minimum Gasteiger partial charge on any atom is -0.294 e. The Labute approximate surface area is 66.3 Å². The third kappa shape index (κ3) is 8.86. The van der Waals surface area contributed by atoms with E-state index < -0.39 is 11.8 Å². The number of rotatable bonds is 2. The third-order valence-corrected chi connectivity index (χ3v) is 0.643. The molecule has 11 heavy (non-hydrogen) atoms. The molecule has 0 aromatic rings. The third-order valence-electron chi connectivity index (χ3n) is 0.643. The van der Waals surface area contributed by atoms with Crippen molar-refractivity contribution in [3.05, 3.63) is 0 Å². The van der Waals surface area contributed by atoms with Crippen LogP contribution in [-0.4, -0.2) is 11.8 Å². The lowest BCUT2D eigenvalue weighted by Gasteiger charge is -1.95. The van der Waals surface area contributed by atoms with Gasteiger partial charge in [-0.1, -0.05) is 14.9 Å². The second kappa shape index (κ2) is 8.86. The van der Waals surface area contributed by atoms with Crippen molar-refractivity contribution < 1.29 is 9.59 Å². The van der Waals surface area contributed by atoms with Crippen LogP contribution in [0, 0.1) is 0 Å². The van der Waals surface area contributed by atoms with E-state index in [0.29, 0.717) is 0 Å². The molecule has 0 unspecified atom stereocenters. The van der Waals surface area contributed by atoms with Crippen LogP contribution in [0.1, 0.15) is 21.3 Å². The Balaban J connectivity index is -0.000000320. The average Bonchev–Trinajstić information content (AvgIpc) is 1.87. The Kier molecular flexibility index (Phi) is 13.2. The molecule has 6 nitrogen and oxygen atoms in total. The lowest BCUT2D eigenvalue weighted by molar-refractivity contribution is -0.129. The van der Waals surface area contributed by atoms with Crippen molar-refractivity contribution in [1.29, 1.82) is 0 Å². The van der Waals surface area contributed by atoms with Crippen LogP contribution in [0.25, 0.3) is 0 Å². The first-order chi connectivity index (χ1) is 4.20. The van der Waals surface area contributed by atoms with Crippen molar-refractivity contribution in [2.45, 2.75) is 21.3 Å². The number of carbonyl (C=O) groups excluding carboxylic acids is 2. The van der Waals surface area contributed by atoms with Gasteiger partial charge in [0.05, 0.1) is 0 Å². The summed E-state index contributed by atoms with van der Waals surface area (Å²) in [5.41, 5.74) is 3.55. The summed E-state index contributed by atoms with van der Waals surface area (Å²) in [5, 5.41) is 0. The second-order valence-corrected chi connectivity index (χ2v) is 1.31. The summed E-state index contributed by atoms with van der Waals surface area (Å²) in [7, 11) is 0. The van der Waals surface area contributed by atoms with Crippen molar-refractivity contribution in [2.24, 2.45) is 11.7 Å². The molecular weight excluding hydrogens is 148 g/mol. The predicted molar refractivity (Wildman–Crippen MR) is 42.7 cm³/mol. The van der Waals surface area contributed by atoms with Gasteiger partial charge in [-0.3, -0.25) is 20.4 Å². The van der Waals surface area contributed by atoms with Crippen LogP contribution in [0.15, 0.2) is 0 Å². The first kappa shape index (κ1) is 16.4. The number of hydrogen-bond donors (Lipinski definition) is 4. The van der Waals surface area contributed by atoms with E-state index in [1.165, 1.54) is 0 Å². The minimum absolute atomic E-state index is 0. The molecule has 0 saturated heterocycles. The summed E-state index contributed by atoms with van der Waals surface area (Å²) in [6.45, 7) is 0. The highest BCUT2D eigenvalue weighted by atomic mass is 16.2. The monoisotopic (exact) mass is 164 g/mol. The maximum atomic E-state index is 10.2. The lowest BCUT2D eigenvalue weighted by Crippen LogP contribution is -2.37. The molecule has 0 spiro atoms. The van der Waals surface area contributed by atoms with E-state index in [1.807, 2.05) is 0 Å². The number of carbonyl (C=O) groups is 2. The number of hydrazine groups is 2. The fraction of sp³-hybridized carbons (Fsp3) is 0.600. The highest BCUT2D eigenvalue weighted by Gasteiger charge is 2.03. The van der Waals surface area contributed by atoms with Gasteiger partial charge in [-0.05, 0) is 0 Å². The van der Waals surface area contributed by atoms with Crippen molar-refractivity contribution >= 4 is 11.8 Å². The molecule has 0 fully saturated rings. The van der Waals surface area contributed by atoms with Crippen LogP contribution in [0.4, 0.5) is 0 Å². The molecule has 6 heteroatoms. The van der Waals surface area contributed by atoms with Crippen LogP contribution < -0.4 is 22.5 Å². The van der Waals surface area contributed by atoms with Gasteiger partial charge in [0.25, 0.3) is 0 Å².